The molecule has 0 aliphatic heterocycles. The highest BCUT2D eigenvalue weighted by Crippen LogP contribution is 2.24. The largest absolute Gasteiger partial charge is 0.478 e. The van der Waals surface area contributed by atoms with E-state index in [1.165, 1.54) is 18.0 Å². The smallest absolute Gasteiger partial charge is 0.337 e. The predicted molar refractivity (Wildman–Crippen MR) is 57.4 cm³/mol. The summed E-state index contributed by atoms with van der Waals surface area (Å²) >= 11 is 0. The molecule has 0 amide bonds. The lowest BCUT2D eigenvalue weighted by molar-refractivity contribution is 0.0697. The molecule has 0 atom stereocenters. The molecule has 0 aliphatic rings. The molecule has 0 aromatic heterocycles. The Morgan fingerprint density at radius 1 is 1.50 bits per heavy atom. The van der Waals surface area contributed by atoms with Crippen LogP contribution in [0.5, 0.6) is 0 Å². The van der Waals surface area contributed by atoms with E-state index in [4.69, 9.17) is 5.11 Å². The molecule has 0 bridgehead atoms. The number of rotatable bonds is 4. The SMILES string of the molecule is Cc1cccc(C(=O)O)c1N(C)CC(F)F. The van der Waals surface area contributed by atoms with Crippen LogP contribution in [0.3, 0.4) is 0 Å². The molecule has 1 aromatic rings. The third-order valence-corrected chi connectivity index (χ3v) is 2.26. The summed E-state index contributed by atoms with van der Waals surface area (Å²) in [6.45, 7) is 1.22. The normalized spacial score (nSPS) is 10.6. The Balaban J connectivity index is 3.14. The Morgan fingerprint density at radius 2 is 2.12 bits per heavy atom. The first-order valence-electron chi connectivity index (χ1n) is 4.75. The molecule has 3 nitrogen and oxygen atoms in total. The van der Waals surface area contributed by atoms with Gasteiger partial charge >= 0.3 is 5.97 Å². The maximum absolute atomic E-state index is 12.2. The number of aromatic carboxylic acids is 1. The van der Waals surface area contributed by atoms with E-state index in [9.17, 15) is 13.6 Å². The number of alkyl halides is 2. The minimum Gasteiger partial charge on any atom is -0.478 e. The molecule has 5 heteroatoms. The average molecular weight is 229 g/mol. The van der Waals surface area contributed by atoms with E-state index in [0.717, 1.165) is 0 Å². The van der Waals surface area contributed by atoms with E-state index in [1.54, 1.807) is 19.1 Å². The van der Waals surface area contributed by atoms with E-state index in [2.05, 4.69) is 0 Å². The maximum atomic E-state index is 12.2. The molecule has 1 N–H and O–H groups in total. The molecule has 88 valence electrons. The Hall–Kier alpha value is -1.65. The summed E-state index contributed by atoms with van der Waals surface area (Å²) in [6, 6.07) is 4.70. The van der Waals surface area contributed by atoms with Crippen molar-refractivity contribution < 1.29 is 18.7 Å². The Bertz CT molecular complexity index is 394. The first-order chi connectivity index (χ1) is 7.43. The van der Waals surface area contributed by atoms with Crippen molar-refractivity contribution in [3.8, 4) is 0 Å². The summed E-state index contributed by atoms with van der Waals surface area (Å²) in [4.78, 5) is 12.2. The van der Waals surface area contributed by atoms with Crippen molar-refractivity contribution in [3.05, 3.63) is 29.3 Å². The monoisotopic (exact) mass is 229 g/mol. The van der Waals surface area contributed by atoms with Crippen molar-refractivity contribution in [1.82, 2.24) is 0 Å². The average Bonchev–Trinajstić information content (AvgIpc) is 2.15. The molecule has 0 saturated heterocycles. The number of carboxylic acid groups (broad SMARTS) is 1. The highest BCUT2D eigenvalue weighted by atomic mass is 19.3. The van der Waals surface area contributed by atoms with Crippen LogP contribution < -0.4 is 4.90 Å². The fourth-order valence-corrected chi connectivity index (χ4v) is 1.64. The number of para-hydroxylation sites is 1. The number of hydrogen-bond donors (Lipinski definition) is 1. The topological polar surface area (TPSA) is 40.5 Å². The minimum absolute atomic E-state index is 0.0446. The molecule has 1 aromatic carbocycles. The summed E-state index contributed by atoms with van der Waals surface area (Å²) < 4.78 is 24.5. The van der Waals surface area contributed by atoms with Gasteiger partial charge in [-0.25, -0.2) is 13.6 Å². The van der Waals surface area contributed by atoms with Gasteiger partial charge in [0.2, 0.25) is 0 Å². The van der Waals surface area contributed by atoms with Crippen molar-refractivity contribution in [3.63, 3.8) is 0 Å². The fourth-order valence-electron chi connectivity index (χ4n) is 1.64. The number of aryl methyl sites for hydroxylation is 1. The number of hydrogen-bond acceptors (Lipinski definition) is 2. The van der Waals surface area contributed by atoms with Crippen molar-refractivity contribution in [2.24, 2.45) is 0 Å². The van der Waals surface area contributed by atoms with Gasteiger partial charge in [0.15, 0.2) is 0 Å². The first-order valence-corrected chi connectivity index (χ1v) is 4.75. The number of benzene rings is 1. The molecule has 0 spiro atoms. The van der Waals surface area contributed by atoms with Gasteiger partial charge in [0, 0.05) is 7.05 Å². The number of carboxylic acids is 1. The summed E-state index contributed by atoms with van der Waals surface area (Å²) in [7, 11) is 1.46. The van der Waals surface area contributed by atoms with Crippen molar-refractivity contribution in [2.75, 3.05) is 18.5 Å². The third kappa shape index (κ3) is 2.68. The lowest BCUT2D eigenvalue weighted by atomic mass is 10.1. The standard InChI is InChI=1S/C11H13F2NO2/c1-7-4-3-5-8(11(15)16)10(7)14(2)6-9(12)13/h3-5,9H,6H2,1-2H3,(H,15,16). The van der Waals surface area contributed by atoms with Crippen LogP contribution in [-0.4, -0.2) is 31.1 Å². The van der Waals surface area contributed by atoms with E-state index in [1.807, 2.05) is 0 Å². The van der Waals surface area contributed by atoms with Gasteiger partial charge in [-0.05, 0) is 18.6 Å². The first kappa shape index (κ1) is 12.4. The van der Waals surface area contributed by atoms with E-state index >= 15 is 0 Å². The van der Waals surface area contributed by atoms with Crippen LogP contribution in [0.15, 0.2) is 18.2 Å². The molecule has 0 aliphatic carbocycles. The van der Waals surface area contributed by atoms with Gasteiger partial charge in [-0.2, -0.15) is 0 Å². The van der Waals surface area contributed by atoms with Crippen LogP contribution in [0.25, 0.3) is 0 Å². The number of halogens is 2. The van der Waals surface area contributed by atoms with Crippen LogP contribution in [0.4, 0.5) is 14.5 Å². The highest BCUT2D eigenvalue weighted by Gasteiger charge is 2.17. The van der Waals surface area contributed by atoms with Crippen LogP contribution in [0.1, 0.15) is 15.9 Å². The van der Waals surface area contributed by atoms with E-state index < -0.39 is 18.9 Å². The Labute approximate surface area is 92.3 Å². The van der Waals surface area contributed by atoms with Crippen LogP contribution in [0, 0.1) is 6.92 Å². The summed E-state index contributed by atoms with van der Waals surface area (Å²) in [5.74, 6) is -1.11. The number of carbonyl (C=O) groups is 1. The van der Waals surface area contributed by atoms with Crippen molar-refractivity contribution in [2.45, 2.75) is 13.3 Å². The van der Waals surface area contributed by atoms with Crippen LogP contribution >= 0.6 is 0 Å². The molecule has 16 heavy (non-hydrogen) atoms. The summed E-state index contributed by atoms with van der Waals surface area (Å²) in [6.07, 6.45) is -2.49. The molecular weight excluding hydrogens is 216 g/mol. The van der Waals surface area contributed by atoms with Gasteiger partial charge < -0.3 is 10.0 Å². The second-order valence-corrected chi connectivity index (χ2v) is 3.55. The third-order valence-electron chi connectivity index (χ3n) is 2.26. The molecule has 0 radical (unpaired) electrons. The van der Waals surface area contributed by atoms with Crippen molar-refractivity contribution >= 4 is 11.7 Å². The highest BCUT2D eigenvalue weighted by molar-refractivity contribution is 5.95. The van der Waals surface area contributed by atoms with Crippen LogP contribution in [-0.2, 0) is 0 Å². The van der Waals surface area contributed by atoms with E-state index in [-0.39, 0.29) is 5.56 Å². The zero-order valence-electron chi connectivity index (χ0n) is 9.08. The lowest BCUT2D eigenvalue weighted by Gasteiger charge is -2.22. The number of anilines is 1. The van der Waals surface area contributed by atoms with Gasteiger partial charge in [0.25, 0.3) is 6.43 Å². The van der Waals surface area contributed by atoms with Gasteiger partial charge in [-0.3, -0.25) is 0 Å². The Kier molecular flexibility index (Phi) is 3.82. The number of nitrogens with zero attached hydrogens (tertiary/aromatic N) is 1. The minimum atomic E-state index is -2.49. The summed E-state index contributed by atoms with van der Waals surface area (Å²) in [5.41, 5.74) is 1.06. The van der Waals surface area contributed by atoms with Gasteiger partial charge in [-0.1, -0.05) is 12.1 Å². The quantitative estimate of drug-likeness (QED) is 0.861. The zero-order chi connectivity index (χ0) is 12.3. The van der Waals surface area contributed by atoms with Gasteiger partial charge in [-0.15, -0.1) is 0 Å². The second-order valence-electron chi connectivity index (χ2n) is 3.55. The van der Waals surface area contributed by atoms with E-state index in [0.29, 0.717) is 11.3 Å². The zero-order valence-corrected chi connectivity index (χ0v) is 9.08. The summed E-state index contributed by atoms with van der Waals surface area (Å²) in [5, 5.41) is 8.96. The second kappa shape index (κ2) is 4.92. The lowest BCUT2D eigenvalue weighted by Crippen LogP contribution is -2.26. The van der Waals surface area contributed by atoms with Crippen molar-refractivity contribution in [1.29, 1.82) is 0 Å². The predicted octanol–water partition coefficient (Wildman–Crippen LogP) is 2.39. The molecule has 0 unspecified atom stereocenters. The molecule has 0 saturated carbocycles. The van der Waals surface area contributed by atoms with Gasteiger partial charge in [0.05, 0.1) is 17.8 Å². The maximum Gasteiger partial charge on any atom is 0.337 e. The van der Waals surface area contributed by atoms with Gasteiger partial charge in [0.1, 0.15) is 0 Å². The molecule has 0 fully saturated rings. The Morgan fingerprint density at radius 3 is 2.62 bits per heavy atom. The molecular formula is C11H13F2NO2. The van der Waals surface area contributed by atoms with Crippen LogP contribution in [0.2, 0.25) is 0 Å². The fraction of sp³-hybridized carbons (Fsp3) is 0.364. The molecule has 1 rings (SSSR count). The molecule has 0 heterocycles.